The quantitative estimate of drug-likeness (QED) is 0.703. The van der Waals surface area contributed by atoms with Crippen LogP contribution in [-0.4, -0.2) is 29.7 Å². The van der Waals surface area contributed by atoms with E-state index in [2.05, 4.69) is 15.3 Å². The predicted octanol–water partition coefficient (Wildman–Crippen LogP) is 1.60. The fourth-order valence-electron chi connectivity index (χ4n) is 1.56. The van der Waals surface area contributed by atoms with Crippen LogP contribution in [0.3, 0.4) is 0 Å². The van der Waals surface area contributed by atoms with Gasteiger partial charge >= 0.3 is 0 Å². The van der Waals surface area contributed by atoms with Crippen molar-refractivity contribution in [2.75, 3.05) is 30.8 Å². The minimum atomic E-state index is 0.535. The zero-order chi connectivity index (χ0) is 12.1. The molecule has 0 atom stereocenters. The Bertz CT molecular complexity index is 366. The van der Waals surface area contributed by atoms with Gasteiger partial charge in [-0.1, -0.05) is 0 Å². The number of nitrogens with two attached hydrogens (primary N) is 1. The molecule has 0 saturated heterocycles. The summed E-state index contributed by atoms with van der Waals surface area (Å²) in [6.45, 7) is 4.51. The van der Waals surface area contributed by atoms with Gasteiger partial charge < -0.3 is 15.8 Å². The van der Waals surface area contributed by atoms with Gasteiger partial charge in [-0.3, -0.25) is 0 Å². The largest absolute Gasteiger partial charge is 0.383 e. The summed E-state index contributed by atoms with van der Waals surface area (Å²) >= 11 is 0. The van der Waals surface area contributed by atoms with Gasteiger partial charge in [-0.25, -0.2) is 9.97 Å². The van der Waals surface area contributed by atoms with Crippen molar-refractivity contribution >= 4 is 11.6 Å². The molecule has 1 heterocycles. The maximum Gasteiger partial charge on any atom is 0.134 e. The van der Waals surface area contributed by atoms with Crippen LogP contribution < -0.4 is 11.1 Å². The first-order chi connectivity index (χ1) is 8.27. The second-order valence-electron chi connectivity index (χ2n) is 4.53. The van der Waals surface area contributed by atoms with Crippen LogP contribution in [0.1, 0.15) is 24.8 Å². The van der Waals surface area contributed by atoms with Gasteiger partial charge in [-0.2, -0.15) is 0 Å². The molecule has 0 spiro atoms. The molecule has 0 unspecified atom stereocenters. The smallest absolute Gasteiger partial charge is 0.134 e. The molecule has 0 bridgehead atoms. The Kier molecular flexibility index (Phi) is 4.14. The van der Waals surface area contributed by atoms with Crippen molar-refractivity contribution in [3.8, 4) is 0 Å². The molecule has 17 heavy (non-hydrogen) atoms. The van der Waals surface area contributed by atoms with Crippen LogP contribution in [-0.2, 0) is 4.74 Å². The molecule has 5 heteroatoms. The van der Waals surface area contributed by atoms with E-state index in [1.165, 1.54) is 19.2 Å². The maximum absolute atomic E-state index is 5.70. The van der Waals surface area contributed by atoms with Crippen LogP contribution in [0, 0.1) is 12.8 Å². The number of hydrogen-bond acceptors (Lipinski definition) is 5. The van der Waals surface area contributed by atoms with Gasteiger partial charge in [-0.15, -0.1) is 0 Å². The first-order valence-electron chi connectivity index (χ1n) is 6.16. The Morgan fingerprint density at radius 2 is 2.29 bits per heavy atom. The fourth-order valence-corrected chi connectivity index (χ4v) is 1.56. The standard InChI is InChI=1S/C12H20N4O/c1-9-11(13)15-8-16-12(9)14-5-2-6-17-7-10-3-4-10/h8,10H,2-7H2,1H3,(H3,13,14,15,16). The molecule has 0 aromatic carbocycles. The number of ether oxygens (including phenoxy) is 1. The number of nitrogen functional groups attached to an aromatic ring is 1. The summed E-state index contributed by atoms with van der Waals surface area (Å²) < 4.78 is 5.55. The second-order valence-corrected chi connectivity index (χ2v) is 4.53. The van der Waals surface area contributed by atoms with E-state index in [9.17, 15) is 0 Å². The van der Waals surface area contributed by atoms with E-state index in [4.69, 9.17) is 10.5 Å². The minimum Gasteiger partial charge on any atom is -0.383 e. The highest BCUT2D eigenvalue weighted by molar-refractivity contribution is 5.53. The van der Waals surface area contributed by atoms with Crippen molar-refractivity contribution in [3.63, 3.8) is 0 Å². The molecule has 5 nitrogen and oxygen atoms in total. The Balaban J connectivity index is 1.61. The molecule has 0 radical (unpaired) electrons. The lowest BCUT2D eigenvalue weighted by Gasteiger charge is -2.09. The molecule has 0 aliphatic heterocycles. The molecular weight excluding hydrogens is 216 g/mol. The lowest BCUT2D eigenvalue weighted by Crippen LogP contribution is -2.10. The molecule has 1 aliphatic rings. The van der Waals surface area contributed by atoms with Crippen LogP contribution in [0.5, 0.6) is 0 Å². The molecular formula is C12H20N4O. The van der Waals surface area contributed by atoms with Crippen molar-refractivity contribution in [3.05, 3.63) is 11.9 Å². The molecule has 2 rings (SSSR count). The highest BCUT2D eigenvalue weighted by Gasteiger charge is 2.20. The first-order valence-corrected chi connectivity index (χ1v) is 6.16. The average Bonchev–Trinajstić information content (AvgIpc) is 3.12. The summed E-state index contributed by atoms with van der Waals surface area (Å²) in [5.41, 5.74) is 6.61. The number of nitrogens with one attached hydrogen (secondary N) is 1. The zero-order valence-electron chi connectivity index (χ0n) is 10.3. The minimum absolute atomic E-state index is 0.535. The molecule has 94 valence electrons. The molecule has 1 aromatic heterocycles. The normalized spacial score (nSPS) is 14.9. The van der Waals surface area contributed by atoms with E-state index in [0.29, 0.717) is 5.82 Å². The van der Waals surface area contributed by atoms with Crippen molar-refractivity contribution in [2.45, 2.75) is 26.2 Å². The maximum atomic E-state index is 5.70. The first kappa shape index (κ1) is 12.1. The second kappa shape index (κ2) is 5.82. The third-order valence-corrected chi connectivity index (χ3v) is 2.93. The number of aromatic nitrogens is 2. The molecule has 1 aliphatic carbocycles. The van der Waals surface area contributed by atoms with Crippen LogP contribution in [0.4, 0.5) is 11.6 Å². The average molecular weight is 236 g/mol. The van der Waals surface area contributed by atoms with Gasteiger partial charge in [-0.05, 0) is 32.1 Å². The number of hydrogen-bond donors (Lipinski definition) is 2. The number of nitrogens with zero attached hydrogens (tertiary/aromatic N) is 2. The van der Waals surface area contributed by atoms with Crippen LogP contribution in [0.15, 0.2) is 6.33 Å². The third kappa shape index (κ3) is 3.85. The fraction of sp³-hybridized carbons (Fsp3) is 0.667. The van der Waals surface area contributed by atoms with E-state index in [-0.39, 0.29) is 0 Å². The highest BCUT2D eigenvalue weighted by Crippen LogP contribution is 2.28. The van der Waals surface area contributed by atoms with Gasteiger partial charge in [0.15, 0.2) is 0 Å². The van der Waals surface area contributed by atoms with Gasteiger partial charge in [0, 0.05) is 25.3 Å². The SMILES string of the molecule is Cc1c(N)ncnc1NCCCOCC1CC1. The summed E-state index contributed by atoms with van der Waals surface area (Å²) in [5, 5.41) is 3.25. The Hall–Kier alpha value is -1.36. The highest BCUT2D eigenvalue weighted by atomic mass is 16.5. The summed E-state index contributed by atoms with van der Waals surface area (Å²) in [7, 11) is 0. The molecule has 0 amide bonds. The lowest BCUT2D eigenvalue weighted by atomic mass is 10.3. The number of rotatable bonds is 7. The Morgan fingerprint density at radius 1 is 1.47 bits per heavy atom. The summed E-state index contributed by atoms with van der Waals surface area (Å²) in [6.07, 6.45) is 5.15. The summed E-state index contributed by atoms with van der Waals surface area (Å²) in [4.78, 5) is 8.08. The van der Waals surface area contributed by atoms with Crippen LogP contribution in [0.25, 0.3) is 0 Å². The van der Waals surface area contributed by atoms with Crippen LogP contribution >= 0.6 is 0 Å². The van der Waals surface area contributed by atoms with E-state index < -0.39 is 0 Å². The molecule has 1 saturated carbocycles. The molecule has 1 fully saturated rings. The van der Waals surface area contributed by atoms with Crippen molar-refractivity contribution in [2.24, 2.45) is 5.92 Å². The van der Waals surface area contributed by atoms with E-state index in [1.54, 1.807) is 0 Å². The lowest BCUT2D eigenvalue weighted by molar-refractivity contribution is 0.124. The van der Waals surface area contributed by atoms with Crippen molar-refractivity contribution in [1.82, 2.24) is 9.97 Å². The van der Waals surface area contributed by atoms with Crippen LogP contribution in [0.2, 0.25) is 0 Å². The topological polar surface area (TPSA) is 73.1 Å². The van der Waals surface area contributed by atoms with E-state index in [0.717, 1.165) is 43.5 Å². The van der Waals surface area contributed by atoms with E-state index >= 15 is 0 Å². The zero-order valence-corrected chi connectivity index (χ0v) is 10.3. The van der Waals surface area contributed by atoms with Crippen molar-refractivity contribution in [1.29, 1.82) is 0 Å². The molecule has 3 N–H and O–H groups in total. The van der Waals surface area contributed by atoms with Gasteiger partial charge in [0.25, 0.3) is 0 Å². The van der Waals surface area contributed by atoms with Gasteiger partial charge in [0.1, 0.15) is 18.0 Å². The molecule has 1 aromatic rings. The van der Waals surface area contributed by atoms with Gasteiger partial charge in [0.05, 0.1) is 0 Å². The third-order valence-electron chi connectivity index (χ3n) is 2.93. The van der Waals surface area contributed by atoms with Crippen molar-refractivity contribution < 1.29 is 4.74 Å². The van der Waals surface area contributed by atoms with E-state index in [1.807, 2.05) is 6.92 Å². The Morgan fingerprint density at radius 3 is 3.06 bits per heavy atom. The van der Waals surface area contributed by atoms with Gasteiger partial charge in [0.2, 0.25) is 0 Å². The Labute approximate surface area is 102 Å². The summed E-state index contributed by atoms with van der Waals surface area (Å²) in [5.74, 6) is 2.19. The number of anilines is 2. The predicted molar refractivity (Wildman–Crippen MR) is 67.8 cm³/mol. The summed E-state index contributed by atoms with van der Waals surface area (Å²) in [6, 6.07) is 0. The monoisotopic (exact) mass is 236 g/mol.